The number of hydrogen-bond donors (Lipinski definition) is 1. The number of amides is 1. The van der Waals surface area contributed by atoms with Crippen LogP contribution in [-0.2, 0) is 0 Å². The Bertz CT molecular complexity index is 626. The Hall–Kier alpha value is -0.510. The summed E-state index contributed by atoms with van der Waals surface area (Å²) in [6, 6.07) is 0. The van der Waals surface area contributed by atoms with Gasteiger partial charge >= 0.3 is 0 Å². The van der Waals surface area contributed by atoms with Crippen LogP contribution in [0.1, 0.15) is 49.0 Å². The van der Waals surface area contributed by atoms with Crippen LogP contribution in [0.2, 0.25) is 15.1 Å². The number of hydrogen-bond acceptors (Lipinski definition) is 2. The van der Waals surface area contributed by atoms with Gasteiger partial charge in [0.2, 0.25) is 0 Å². The molecule has 6 heteroatoms. The third-order valence-corrected chi connectivity index (χ3v) is 7.16. The number of halogens is 3. The van der Waals surface area contributed by atoms with E-state index in [4.69, 9.17) is 34.8 Å². The van der Waals surface area contributed by atoms with Crippen molar-refractivity contribution in [1.82, 2.24) is 10.3 Å². The molecule has 3 nitrogen and oxygen atoms in total. The van der Waals surface area contributed by atoms with Crippen LogP contribution in [0.5, 0.6) is 0 Å². The second-order valence-corrected chi connectivity index (χ2v) is 8.85. The van der Waals surface area contributed by atoms with Gasteiger partial charge in [-0.2, -0.15) is 0 Å². The maximum Gasteiger partial charge on any atom is 0.271 e. The average Bonchev–Trinajstić information content (AvgIpc) is 2.49. The topological polar surface area (TPSA) is 42.0 Å². The van der Waals surface area contributed by atoms with Gasteiger partial charge in [0.05, 0.1) is 15.1 Å². The van der Waals surface area contributed by atoms with Gasteiger partial charge in [-0.05, 0) is 61.7 Å². The minimum atomic E-state index is -0.260. The van der Waals surface area contributed by atoms with E-state index in [0.717, 1.165) is 17.8 Å². The first-order chi connectivity index (χ1) is 11.0. The summed E-state index contributed by atoms with van der Waals surface area (Å²) in [5.41, 5.74) is 0.443. The molecule has 0 aromatic carbocycles. The number of carbonyl (C=O) groups excluding carboxylic acids is 1. The molecule has 4 bridgehead atoms. The van der Waals surface area contributed by atoms with Gasteiger partial charge in [-0.15, -0.1) is 0 Å². The van der Waals surface area contributed by atoms with Crippen molar-refractivity contribution >= 4 is 40.7 Å². The summed E-state index contributed by atoms with van der Waals surface area (Å²) in [6.07, 6.45) is 9.31. The minimum Gasteiger partial charge on any atom is -0.350 e. The van der Waals surface area contributed by atoms with E-state index in [2.05, 4.69) is 10.3 Å². The van der Waals surface area contributed by atoms with E-state index in [0.29, 0.717) is 6.54 Å². The summed E-state index contributed by atoms with van der Waals surface area (Å²) in [5, 5.41) is 3.63. The molecule has 5 rings (SSSR count). The highest BCUT2D eigenvalue weighted by Crippen LogP contribution is 2.59. The van der Waals surface area contributed by atoms with Crippen LogP contribution >= 0.6 is 34.8 Å². The van der Waals surface area contributed by atoms with Crippen LogP contribution in [-0.4, -0.2) is 17.4 Å². The van der Waals surface area contributed by atoms with Crippen molar-refractivity contribution in [2.75, 3.05) is 6.54 Å². The van der Waals surface area contributed by atoms with Gasteiger partial charge in [0, 0.05) is 12.7 Å². The van der Waals surface area contributed by atoms with Crippen LogP contribution in [0, 0.1) is 23.2 Å². The van der Waals surface area contributed by atoms with Gasteiger partial charge in [-0.1, -0.05) is 34.8 Å². The summed E-state index contributed by atoms with van der Waals surface area (Å²) in [5.74, 6) is 2.34. The summed E-state index contributed by atoms with van der Waals surface area (Å²) in [6.45, 7) is 0.716. The van der Waals surface area contributed by atoms with E-state index in [1.165, 1.54) is 44.7 Å². The molecule has 1 amide bonds. The molecule has 4 fully saturated rings. The maximum atomic E-state index is 12.5. The molecule has 1 N–H and O–H groups in total. The Morgan fingerprint density at radius 3 is 2.22 bits per heavy atom. The van der Waals surface area contributed by atoms with Crippen molar-refractivity contribution in [3.05, 3.63) is 27.0 Å². The largest absolute Gasteiger partial charge is 0.350 e. The van der Waals surface area contributed by atoms with Crippen molar-refractivity contribution in [3.8, 4) is 0 Å². The fourth-order valence-corrected chi connectivity index (χ4v) is 6.03. The Morgan fingerprint density at radius 1 is 1.09 bits per heavy atom. The van der Waals surface area contributed by atoms with Gasteiger partial charge < -0.3 is 5.32 Å². The zero-order valence-corrected chi connectivity index (χ0v) is 15.0. The lowest BCUT2D eigenvalue weighted by atomic mass is 9.49. The molecular formula is C17H19Cl3N2O. The summed E-state index contributed by atoms with van der Waals surface area (Å²) in [7, 11) is 0. The van der Waals surface area contributed by atoms with Crippen molar-refractivity contribution in [2.24, 2.45) is 23.2 Å². The first kappa shape index (κ1) is 16.0. The molecule has 4 aliphatic rings. The third-order valence-electron chi connectivity index (χ3n) is 5.92. The molecule has 0 unspecified atom stereocenters. The number of carbonyl (C=O) groups is 1. The number of aromatic nitrogens is 1. The molecule has 4 saturated carbocycles. The van der Waals surface area contributed by atoms with Crippen LogP contribution in [0.4, 0.5) is 0 Å². The van der Waals surface area contributed by atoms with Crippen LogP contribution in [0.3, 0.4) is 0 Å². The SMILES string of the molecule is O=C(NCC12CC3CC(CC(C3)C1)C2)c1ncc(Cl)c(Cl)c1Cl. The average molecular weight is 374 g/mol. The molecule has 124 valence electrons. The van der Waals surface area contributed by atoms with Gasteiger partial charge in [0.25, 0.3) is 5.91 Å². The minimum absolute atomic E-state index is 0.127. The first-order valence-corrected chi connectivity index (χ1v) is 9.37. The van der Waals surface area contributed by atoms with Crippen LogP contribution in [0.15, 0.2) is 6.20 Å². The molecule has 23 heavy (non-hydrogen) atoms. The fraction of sp³-hybridized carbons (Fsp3) is 0.647. The molecule has 0 saturated heterocycles. The molecular weight excluding hydrogens is 355 g/mol. The highest BCUT2D eigenvalue weighted by Gasteiger charge is 2.50. The van der Waals surface area contributed by atoms with Crippen LogP contribution < -0.4 is 5.32 Å². The van der Waals surface area contributed by atoms with Gasteiger partial charge in [-0.25, -0.2) is 4.98 Å². The van der Waals surface area contributed by atoms with E-state index in [-0.39, 0.29) is 32.1 Å². The molecule has 0 radical (unpaired) electrons. The Balaban J connectivity index is 1.47. The quantitative estimate of drug-likeness (QED) is 0.811. The van der Waals surface area contributed by atoms with Gasteiger partial charge in [-0.3, -0.25) is 4.79 Å². The lowest BCUT2D eigenvalue weighted by molar-refractivity contribution is -0.0503. The second-order valence-electron chi connectivity index (χ2n) is 7.68. The lowest BCUT2D eigenvalue weighted by Gasteiger charge is -2.56. The van der Waals surface area contributed by atoms with E-state index in [1.54, 1.807) is 0 Å². The number of nitrogens with zero attached hydrogens (tertiary/aromatic N) is 1. The number of rotatable bonds is 3. The van der Waals surface area contributed by atoms with Gasteiger partial charge in [0.15, 0.2) is 0 Å². The Kier molecular flexibility index (Phi) is 4.02. The third kappa shape index (κ3) is 2.85. The number of nitrogens with one attached hydrogen (secondary N) is 1. The highest BCUT2D eigenvalue weighted by atomic mass is 35.5. The molecule has 4 aliphatic carbocycles. The summed E-state index contributed by atoms with van der Waals surface area (Å²) >= 11 is 18.0. The second kappa shape index (κ2) is 5.79. The van der Waals surface area contributed by atoms with E-state index in [1.807, 2.05) is 0 Å². The molecule has 1 aromatic rings. The molecule has 1 aromatic heterocycles. The van der Waals surface area contributed by atoms with Gasteiger partial charge in [0.1, 0.15) is 5.69 Å². The van der Waals surface area contributed by atoms with Crippen molar-refractivity contribution < 1.29 is 4.79 Å². The molecule has 0 aliphatic heterocycles. The molecule has 1 heterocycles. The predicted molar refractivity (Wildman–Crippen MR) is 92.2 cm³/mol. The van der Waals surface area contributed by atoms with Crippen molar-refractivity contribution in [3.63, 3.8) is 0 Å². The smallest absolute Gasteiger partial charge is 0.271 e. The normalized spacial score (nSPS) is 34.7. The van der Waals surface area contributed by atoms with E-state index in [9.17, 15) is 4.79 Å². The zero-order chi connectivity index (χ0) is 16.2. The Morgan fingerprint density at radius 2 is 1.65 bits per heavy atom. The summed E-state index contributed by atoms with van der Waals surface area (Å²) in [4.78, 5) is 16.5. The Labute approximate surface area is 151 Å². The summed E-state index contributed by atoms with van der Waals surface area (Å²) < 4.78 is 0. The maximum absolute atomic E-state index is 12.5. The molecule has 0 atom stereocenters. The fourth-order valence-electron chi connectivity index (χ4n) is 5.46. The highest BCUT2D eigenvalue weighted by molar-refractivity contribution is 6.48. The van der Waals surface area contributed by atoms with E-state index < -0.39 is 0 Å². The van der Waals surface area contributed by atoms with Crippen molar-refractivity contribution in [2.45, 2.75) is 38.5 Å². The predicted octanol–water partition coefficient (Wildman–Crippen LogP) is 4.99. The zero-order valence-electron chi connectivity index (χ0n) is 12.7. The standard InChI is InChI=1S/C17H19Cl3N2O/c18-12-7-21-15(14(20)13(12)19)16(23)22-8-17-4-9-1-10(5-17)3-11(2-9)6-17/h7,9-11H,1-6,8H2,(H,22,23). The lowest BCUT2D eigenvalue weighted by Crippen LogP contribution is -2.51. The monoisotopic (exact) mass is 372 g/mol. The van der Waals surface area contributed by atoms with E-state index >= 15 is 0 Å². The van der Waals surface area contributed by atoms with Crippen LogP contribution in [0.25, 0.3) is 0 Å². The first-order valence-electron chi connectivity index (χ1n) is 8.23. The van der Waals surface area contributed by atoms with Crippen molar-refractivity contribution in [1.29, 1.82) is 0 Å². The number of pyridine rings is 1. The molecule has 0 spiro atoms.